The number of aromatic nitrogens is 2. The predicted octanol–water partition coefficient (Wildman–Crippen LogP) is 1.58. The summed E-state index contributed by atoms with van der Waals surface area (Å²) in [5, 5.41) is 44.6. The van der Waals surface area contributed by atoms with Crippen molar-refractivity contribution in [3.8, 4) is 11.8 Å². The van der Waals surface area contributed by atoms with Crippen molar-refractivity contribution < 1.29 is 25.2 Å². The molecule has 4 N–H and O–H groups in total. The highest BCUT2D eigenvalue weighted by atomic mass is 35.5. The second-order valence-corrected chi connectivity index (χ2v) is 8.53. The third kappa shape index (κ3) is 5.28. The van der Waals surface area contributed by atoms with Crippen LogP contribution in [0.4, 0.5) is 0 Å². The van der Waals surface area contributed by atoms with Gasteiger partial charge in [-0.2, -0.15) is 5.10 Å². The summed E-state index contributed by atoms with van der Waals surface area (Å²) in [7, 11) is 1.84. The first-order valence-electron chi connectivity index (χ1n) is 10.5. The number of ether oxygens (including phenoxy) is 1. The Morgan fingerprint density at radius 1 is 1.00 bits per heavy atom. The predicted molar refractivity (Wildman–Crippen MR) is 123 cm³/mol. The van der Waals surface area contributed by atoms with Crippen LogP contribution in [0.5, 0.6) is 0 Å². The van der Waals surface area contributed by atoms with Gasteiger partial charge in [-0.3, -0.25) is 4.68 Å². The first kappa shape index (κ1) is 23.5. The summed E-state index contributed by atoms with van der Waals surface area (Å²) in [6.45, 7) is -0.474. The van der Waals surface area contributed by atoms with Crippen LogP contribution in [0, 0.1) is 11.8 Å². The second kappa shape index (κ2) is 10.1. The van der Waals surface area contributed by atoms with E-state index in [0.29, 0.717) is 17.0 Å². The van der Waals surface area contributed by atoms with E-state index in [9.17, 15) is 20.4 Å². The molecule has 172 valence electrons. The molecule has 0 radical (unpaired) electrons. The lowest BCUT2D eigenvalue weighted by Crippen LogP contribution is -2.55. The monoisotopic (exact) mass is 468 g/mol. The van der Waals surface area contributed by atoms with Gasteiger partial charge in [-0.25, -0.2) is 0 Å². The minimum atomic E-state index is -1.43. The number of aliphatic hydroxyl groups is 4. The Labute approximate surface area is 196 Å². The highest BCUT2D eigenvalue weighted by Crippen LogP contribution is 2.34. The van der Waals surface area contributed by atoms with Gasteiger partial charge < -0.3 is 25.2 Å². The fourth-order valence-electron chi connectivity index (χ4n) is 3.84. The number of aliphatic hydroxyl groups excluding tert-OH is 4. The summed E-state index contributed by atoms with van der Waals surface area (Å²) in [5.74, 6) is 6.19. The van der Waals surface area contributed by atoms with Crippen LogP contribution >= 0.6 is 11.6 Å². The summed E-state index contributed by atoms with van der Waals surface area (Å²) in [6, 6.07) is 13.1. The fourth-order valence-corrected chi connectivity index (χ4v) is 4.02. The van der Waals surface area contributed by atoms with Gasteiger partial charge in [0.05, 0.1) is 18.4 Å². The third-order valence-corrected chi connectivity index (χ3v) is 6.06. The van der Waals surface area contributed by atoms with Crippen molar-refractivity contribution in [1.82, 2.24) is 9.78 Å². The molecule has 1 aromatic heterocycles. The van der Waals surface area contributed by atoms with Crippen molar-refractivity contribution in [3.05, 3.63) is 87.7 Å². The van der Waals surface area contributed by atoms with E-state index in [-0.39, 0.29) is 0 Å². The number of hydrogen-bond acceptors (Lipinski definition) is 6. The molecule has 1 saturated heterocycles. The highest BCUT2D eigenvalue weighted by Gasteiger charge is 2.44. The van der Waals surface area contributed by atoms with Crippen LogP contribution in [-0.2, 0) is 18.2 Å². The van der Waals surface area contributed by atoms with E-state index in [1.54, 1.807) is 23.0 Å². The van der Waals surface area contributed by atoms with E-state index in [1.807, 2.05) is 43.6 Å². The van der Waals surface area contributed by atoms with Crippen LogP contribution in [0.1, 0.15) is 33.9 Å². The maximum Gasteiger partial charge on any atom is 0.113 e. The number of hydrogen-bond donors (Lipinski definition) is 4. The first-order chi connectivity index (χ1) is 15.9. The van der Waals surface area contributed by atoms with E-state index in [1.165, 1.54) is 0 Å². The molecule has 0 aliphatic carbocycles. The number of halogens is 1. The Kier molecular flexibility index (Phi) is 7.15. The van der Waals surface area contributed by atoms with Gasteiger partial charge >= 0.3 is 0 Å². The lowest BCUT2D eigenvalue weighted by molar-refractivity contribution is -0.231. The van der Waals surface area contributed by atoms with Gasteiger partial charge in [-0.15, -0.1) is 0 Å². The van der Waals surface area contributed by atoms with Crippen LogP contribution in [0.3, 0.4) is 0 Å². The molecular weight excluding hydrogens is 444 g/mol. The Hall–Kier alpha value is -2.70. The van der Waals surface area contributed by atoms with Gasteiger partial charge in [0, 0.05) is 23.8 Å². The standard InChI is InChI=1S/C25H25ClN2O5/c1-28-13-17(12-27-28)7-4-15-2-5-16(6-3-15)10-19-11-18(8-9-20(19)26)25-24(32)23(31)22(30)21(14-29)33-25/h2-3,5-6,8-9,11-13,21-25,29-32H,10,14H2,1H3/t21-,22-,23?,24-,25+/m1/s1. The molecule has 7 nitrogen and oxygen atoms in total. The SMILES string of the molecule is Cn1cc(C#Cc2ccc(Cc3cc([C@@H]4O[C@H](CO)[C@@H](O)C(O)[C@H]4O)ccc3Cl)cc2)cn1. The van der Waals surface area contributed by atoms with E-state index in [4.69, 9.17) is 16.3 Å². The van der Waals surface area contributed by atoms with E-state index < -0.39 is 37.1 Å². The summed E-state index contributed by atoms with van der Waals surface area (Å²) in [5.41, 5.74) is 4.17. The van der Waals surface area contributed by atoms with Crippen LogP contribution in [-0.4, -0.2) is 61.2 Å². The summed E-state index contributed by atoms with van der Waals surface area (Å²) >= 11 is 6.42. The minimum absolute atomic E-state index is 0.474. The zero-order valence-electron chi connectivity index (χ0n) is 18.0. The zero-order chi connectivity index (χ0) is 23.5. The van der Waals surface area contributed by atoms with E-state index >= 15 is 0 Å². The van der Waals surface area contributed by atoms with Crippen molar-refractivity contribution in [2.45, 2.75) is 36.9 Å². The quantitative estimate of drug-likeness (QED) is 0.433. The molecule has 2 heterocycles. The summed E-state index contributed by atoms with van der Waals surface area (Å²) in [4.78, 5) is 0. The number of nitrogens with zero attached hydrogens (tertiary/aromatic N) is 2. The van der Waals surface area contributed by atoms with Crippen LogP contribution < -0.4 is 0 Å². The van der Waals surface area contributed by atoms with Gasteiger partial charge in [0.1, 0.15) is 30.5 Å². The molecule has 4 rings (SSSR count). The lowest BCUT2D eigenvalue weighted by Gasteiger charge is -2.40. The highest BCUT2D eigenvalue weighted by molar-refractivity contribution is 6.31. The number of aryl methyl sites for hydroxylation is 1. The van der Waals surface area contributed by atoms with E-state index in [2.05, 4.69) is 16.9 Å². The maximum absolute atomic E-state index is 10.4. The van der Waals surface area contributed by atoms with Gasteiger partial charge in [-0.1, -0.05) is 47.7 Å². The normalized spacial score (nSPS) is 24.8. The molecule has 2 aromatic carbocycles. The molecule has 5 atom stereocenters. The molecule has 3 aromatic rings. The van der Waals surface area contributed by atoms with Crippen molar-refractivity contribution >= 4 is 11.6 Å². The number of benzene rings is 2. The van der Waals surface area contributed by atoms with Gasteiger partial charge in [-0.05, 0) is 41.3 Å². The van der Waals surface area contributed by atoms with Crippen LogP contribution in [0.15, 0.2) is 54.9 Å². The molecule has 0 bridgehead atoms. The first-order valence-corrected chi connectivity index (χ1v) is 10.9. The van der Waals surface area contributed by atoms with Crippen LogP contribution in [0.2, 0.25) is 5.02 Å². The molecule has 0 spiro atoms. The number of rotatable bonds is 4. The van der Waals surface area contributed by atoms with E-state index in [0.717, 1.165) is 22.3 Å². The fraction of sp³-hybridized carbons (Fsp3) is 0.320. The molecule has 1 fully saturated rings. The topological polar surface area (TPSA) is 108 Å². The molecular formula is C25H25ClN2O5. The lowest BCUT2D eigenvalue weighted by atomic mass is 9.90. The Morgan fingerprint density at radius 2 is 1.73 bits per heavy atom. The second-order valence-electron chi connectivity index (χ2n) is 8.13. The Bertz CT molecular complexity index is 1170. The summed E-state index contributed by atoms with van der Waals surface area (Å²) in [6.07, 6.45) is -1.92. The molecule has 0 amide bonds. The largest absolute Gasteiger partial charge is 0.394 e. The maximum atomic E-state index is 10.4. The molecule has 8 heteroatoms. The zero-order valence-corrected chi connectivity index (χ0v) is 18.7. The summed E-state index contributed by atoms with van der Waals surface area (Å²) < 4.78 is 7.37. The molecule has 1 unspecified atom stereocenters. The minimum Gasteiger partial charge on any atom is -0.394 e. The molecule has 1 aliphatic rings. The molecule has 1 aliphatic heterocycles. The average Bonchev–Trinajstić information content (AvgIpc) is 3.24. The van der Waals surface area contributed by atoms with Crippen molar-refractivity contribution in [3.63, 3.8) is 0 Å². The van der Waals surface area contributed by atoms with Crippen molar-refractivity contribution in [1.29, 1.82) is 0 Å². The van der Waals surface area contributed by atoms with Crippen molar-refractivity contribution in [2.75, 3.05) is 6.61 Å². The third-order valence-electron chi connectivity index (χ3n) is 5.70. The van der Waals surface area contributed by atoms with Gasteiger partial charge in [0.15, 0.2) is 0 Å². The smallest absolute Gasteiger partial charge is 0.113 e. The average molecular weight is 469 g/mol. The Balaban J connectivity index is 1.51. The molecule has 33 heavy (non-hydrogen) atoms. The van der Waals surface area contributed by atoms with Gasteiger partial charge in [0.2, 0.25) is 0 Å². The van der Waals surface area contributed by atoms with Crippen LogP contribution in [0.25, 0.3) is 0 Å². The van der Waals surface area contributed by atoms with Gasteiger partial charge in [0.25, 0.3) is 0 Å². The van der Waals surface area contributed by atoms with Crippen molar-refractivity contribution in [2.24, 2.45) is 7.05 Å². The molecule has 0 saturated carbocycles. The Morgan fingerprint density at radius 3 is 2.39 bits per heavy atom.